The van der Waals surface area contributed by atoms with Crippen molar-refractivity contribution in [3.8, 4) is 0 Å². The summed E-state index contributed by atoms with van der Waals surface area (Å²) in [7, 11) is 0. The van der Waals surface area contributed by atoms with Crippen LogP contribution in [0.25, 0.3) is 0 Å². The fourth-order valence-corrected chi connectivity index (χ4v) is 3.75. The standard InChI is InChI=1S/C15H16O/c1-2-6-11(5-1)15-10-9-14(16-15)12-7-3-4-8-13(12)15/h3-4,7-11,14H,1-2,5-6H2/t14-,15-/m0/s1. The van der Waals surface area contributed by atoms with Crippen molar-refractivity contribution in [3.63, 3.8) is 0 Å². The van der Waals surface area contributed by atoms with Gasteiger partial charge in [0.2, 0.25) is 0 Å². The van der Waals surface area contributed by atoms with Gasteiger partial charge in [-0.05, 0) is 36.0 Å². The number of benzene rings is 1. The van der Waals surface area contributed by atoms with E-state index in [0.29, 0.717) is 5.92 Å². The van der Waals surface area contributed by atoms with Crippen molar-refractivity contribution >= 4 is 0 Å². The molecule has 0 amide bonds. The first-order valence-corrected chi connectivity index (χ1v) is 6.37. The van der Waals surface area contributed by atoms with Gasteiger partial charge in [0.15, 0.2) is 0 Å². The fourth-order valence-electron chi connectivity index (χ4n) is 3.75. The lowest BCUT2D eigenvalue weighted by atomic mass is 9.77. The van der Waals surface area contributed by atoms with Crippen LogP contribution in [-0.2, 0) is 10.3 Å². The summed E-state index contributed by atoms with van der Waals surface area (Å²) >= 11 is 0. The summed E-state index contributed by atoms with van der Waals surface area (Å²) < 4.78 is 6.30. The van der Waals surface area contributed by atoms with Gasteiger partial charge in [0.05, 0.1) is 0 Å². The van der Waals surface area contributed by atoms with Crippen LogP contribution in [0, 0.1) is 5.92 Å². The van der Waals surface area contributed by atoms with Gasteiger partial charge >= 0.3 is 0 Å². The van der Waals surface area contributed by atoms with Crippen molar-refractivity contribution in [1.29, 1.82) is 0 Å². The summed E-state index contributed by atoms with van der Waals surface area (Å²) in [6.45, 7) is 0. The van der Waals surface area contributed by atoms with E-state index in [1.54, 1.807) is 0 Å². The van der Waals surface area contributed by atoms with Gasteiger partial charge in [0, 0.05) is 0 Å². The van der Waals surface area contributed by atoms with Crippen LogP contribution in [0.5, 0.6) is 0 Å². The van der Waals surface area contributed by atoms with Crippen LogP contribution in [0.4, 0.5) is 0 Å². The number of hydrogen-bond acceptors (Lipinski definition) is 1. The molecule has 3 aliphatic rings. The summed E-state index contributed by atoms with van der Waals surface area (Å²) in [5.41, 5.74) is 2.78. The van der Waals surface area contributed by atoms with Gasteiger partial charge in [0.25, 0.3) is 0 Å². The van der Waals surface area contributed by atoms with Crippen molar-refractivity contribution in [1.82, 2.24) is 0 Å². The Balaban J connectivity index is 1.87. The predicted molar refractivity (Wildman–Crippen MR) is 63.0 cm³/mol. The lowest BCUT2D eigenvalue weighted by molar-refractivity contribution is -0.0433. The Morgan fingerprint density at radius 3 is 2.81 bits per heavy atom. The topological polar surface area (TPSA) is 9.23 Å². The molecule has 2 heterocycles. The molecule has 0 spiro atoms. The van der Waals surface area contributed by atoms with Crippen LogP contribution in [0.2, 0.25) is 0 Å². The summed E-state index contributed by atoms with van der Waals surface area (Å²) in [6.07, 6.45) is 10.2. The molecule has 1 aromatic rings. The first-order valence-electron chi connectivity index (χ1n) is 6.37. The molecular formula is C15H16O. The fraction of sp³-hybridized carbons (Fsp3) is 0.467. The molecule has 2 bridgehead atoms. The second-order valence-corrected chi connectivity index (χ2v) is 5.26. The summed E-state index contributed by atoms with van der Waals surface area (Å²) in [6, 6.07) is 8.75. The Kier molecular flexibility index (Phi) is 1.68. The molecule has 1 heteroatoms. The maximum absolute atomic E-state index is 6.30. The molecule has 2 atom stereocenters. The minimum absolute atomic E-state index is 0.0578. The van der Waals surface area contributed by atoms with Crippen LogP contribution in [-0.4, -0.2) is 0 Å². The van der Waals surface area contributed by atoms with Gasteiger partial charge in [-0.2, -0.15) is 0 Å². The Morgan fingerprint density at radius 2 is 1.94 bits per heavy atom. The third-order valence-electron chi connectivity index (χ3n) is 4.49. The lowest BCUT2D eigenvalue weighted by Gasteiger charge is -2.31. The first kappa shape index (κ1) is 9.00. The molecule has 0 unspecified atom stereocenters. The van der Waals surface area contributed by atoms with E-state index in [-0.39, 0.29) is 11.7 Å². The smallest absolute Gasteiger partial charge is 0.116 e. The highest BCUT2D eigenvalue weighted by atomic mass is 16.5. The molecule has 1 saturated carbocycles. The monoisotopic (exact) mass is 212 g/mol. The van der Waals surface area contributed by atoms with Crippen molar-refractivity contribution in [2.45, 2.75) is 37.4 Å². The number of hydrogen-bond donors (Lipinski definition) is 0. The van der Waals surface area contributed by atoms with Gasteiger partial charge in [-0.3, -0.25) is 0 Å². The van der Waals surface area contributed by atoms with Gasteiger partial charge in [-0.25, -0.2) is 0 Å². The summed E-state index contributed by atoms with van der Waals surface area (Å²) in [4.78, 5) is 0. The molecule has 4 rings (SSSR count). The molecule has 0 radical (unpaired) electrons. The highest BCUT2D eigenvalue weighted by Crippen LogP contribution is 2.57. The van der Waals surface area contributed by atoms with E-state index in [2.05, 4.69) is 36.4 Å². The van der Waals surface area contributed by atoms with Crippen LogP contribution >= 0.6 is 0 Å². The largest absolute Gasteiger partial charge is 0.354 e. The molecule has 2 aliphatic heterocycles. The zero-order valence-corrected chi connectivity index (χ0v) is 9.36. The van der Waals surface area contributed by atoms with E-state index in [0.717, 1.165) is 0 Å². The van der Waals surface area contributed by atoms with E-state index >= 15 is 0 Å². The average molecular weight is 212 g/mol. The van der Waals surface area contributed by atoms with Crippen molar-refractivity contribution in [3.05, 3.63) is 47.5 Å². The molecule has 16 heavy (non-hydrogen) atoms. The lowest BCUT2D eigenvalue weighted by Crippen LogP contribution is -2.29. The Morgan fingerprint density at radius 1 is 1.12 bits per heavy atom. The van der Waals surface area contributed by atoms with Gasteiger partial charge in [-0.15, -0.1) is 0 Å². The van der Waals surface area contributed by atoms with Crippen LogP contribution in [0.1, 0.15) is 42.9 Å². The maximum atomic E-state index is 6.30. The van der Waals surface area contributed by atoms with Crippen LogP contribution in [0.15, 0.2) is 36.4 Å². The maximum Gasteiger partial charge on any atom is 0.116 e. The number of fused-ring (bicyclic) bond motifs is 5. The second-order valence-electron chi connectivity index (χ2n) is 5.26. The van der Waals surface area contributed by atoms with E-state index in [9.17, 15) is 0 Å². The highest BCUT2D eigenvalue weighted by Gasteiger charge is 2.51. The van der Waals surface area contributed by atoms with E-state index in [1.165, 1.54) is 36.8 Å². The van der Waals surface area contributed by atoms with Gasteiger partial charge < -0.3 is 4.74 Å². The van der Waals surface area contributed by atoms with E-state index < -0.39 is 0 Å². The number of rotatable bonds is 1. The van der Waals surface area contributed by atoms with Crippen molar-refractivity contribution in [2.24, 2.45) is 5.92 Å². The van der Waals surface area contributed by atoms with Crippen LogP contribution < -0.4 is 0 Å². The Hall–Kier alpha value is -1.08. The summed E-state index contributed by atoms with van der Waals surface area (Å²) in [5, 5.41) is 0. The van der Waals surface area contributed by atoms with Crippen molar-refractivity contribution in [2.75, 3.05) is 0 Å². The average Bonchev–Trinajstić information content (AvgIpc) is 3.05. The SMILES string of the molecule is C1=C[C@@]2(C3CCCC3)O[C@@H]1c1ccccc12. The zero-order chi connectivity index (χ0) is 10.6. The molecule has 1 fully saturated rings. The van der Waals surface area contributed by atoms with E-state index in [1.807, 2.05) is 0 Å². The molecule has 82 valence electrons. The second kappa shape index (κ2) is 2.98. The third kappa shape index (κ3) is 0.952. The predicted octanol–water partition coefficient (Wildman–Crippen LogP) is 3.71. The van der Waals surface area contributed by atoms with Crippen molar-refractivity contribution < 1.29 is 4.74 Å². The Bertz CT molecular complexity index is 456. The molecule has 1 aromatic carbocycles. The summed E-state index contributed by atoms with van der Waals surface area (Å²) in [5.74, 6) is 0.706. The minimum Gasteiger partial charge on any atom is -0.354 e. The molecular weight excluding hydrogens is 196 g/mol. The quantitative estimate of drug-likeness (QED) is 0.645. The first-order chi connectivity index (χ1) is 7.90. The van der Waals surface area contributed by atoms with Gasteiger partial charge in [0.1, 0.15) is 11.7 Å². The van der Waals surface area contributed by atoms with E-state index in [4.69, 9.17) is 4.74 Å². The zero-order valence-electron chi connectivity index (χ0n) is 9.36. The molecule has 1 aliphatic carbocycles. The molecule has 0 aromatic heterocycles. The minimum atomic E-state index is -0.0578. The normalized spacial score (nSPS) is 35.9. The molecule has 0 saturated heterocycles. The highest BCUT2D eigenvalue weighted by molar-refractivity contribution is 5.47. The Labute approximate surface area is 96.1 Å². The van der Waals surface area contributed by atoms with Crippen LogP contribution in [0.3, 0.4) is 0 Å². The van der Waals surface area contributed by atoms with Gasteiger partial charge in [-0.1, -0.05) is 43.2 Å². The number of ether oxygens (including phenoxy) is 1. The molecule has 0 N–H and O–H groups in total. The third-order valence-corrected chi connectivity index (χ3v) is 4.49. The molecule has 1 nitrogen and oxygen atoms in total.